The molecule has 2 bridgehead atoms. The van der Waals surface area contributed by atoms with Gasteiger partial charge in [0, 0.05) is 32.2 Å². The average Bonchev–Trinajstić information content (AvgIpc) is 2.87. The first-order valence-electron chi connectivity index (χ1n) is 7.56. The minimum absolute atomic E-state index is 0.341. The predicted molar refractivity (Wildman–Crippen MR) is 80.2 cm³/mol. The quantitative estimate of drug-likeness (QED) is 0.821. The number of rotatable bonds is 2. The van der Waals surface area contributed by atoms with Gasteiger partial charge in [0.25, 0.3) is 0 Å². The van der Waals surface area contributed by atoms with E-state index < -0.39 is 0 Å². The molecule has 7 heteroatoms. The van der Waals surface area contributed by atoms with E-state index >= 15 is 0 Å². The monoisotopic (exact) mass is 310 g/mol. The van der Waals surface area contributed by atoms with Crippen LogP contribution in [0.15, 0.2) is 6.07 Å². The first-order chi connectivity index (χ1) is 10.3. The average molecular weight is 311 g/mol. The summed E-state index contributed by atoms with van der Waals surface area (Å²) < 4.78 is 11.3. The highest BCUT2D eigenvalue weighted by Gasteiger charge is 2.34. The molecule has 3 saturated heterocycles. The maximum atomic E-state index is 6.24. The van der Waals surface area contributed by atoms with Crippen molar-refractivity contribution in [3.05, 3.63) is 11.2 Å². The Kier molecular flexibility index (Phi) is 3.61. The Balaban J connectivity index is 1.58. The summed E-state index contributed by atoms with van der Waals surface area (Å²) in [6.07, 6.45) is 2.98. The van der Waals surface area contributed by atoms with Crippen LogP contribution >= 0.6 is 11.6 Å². The van der Waals surface area contributed by atoms with Gasteiger partial charge in [0.2, 0.25) is 0 Å². The van der Waals surface area contributed by atoms with Crippen molar-refractivity contribution in [2.24, 2.45) is 0 Å². The molecule has 0 aliphatic carbocycles. The molecule has 114 valence electrons. The van der Waals surface area contributed by atoms with Gasteiger partial charge in [-0.25, -0.2) is 0 Å². The third-order valence-corrected chi connectivity index (χ3v) is 4.71. The molecule has 2 atom stereocenters. The highest BCUT2D eigenvalue weighted by molar-refractivity contribution is 6.32. The van der Waals surface area contributed by atoms with Crippen LogP contribution in [-0.2, 0) is 9.47 Å². The van der Waals surface area contributed by atoms with Crippen molar-refractivity contribution in [2.75, 3.05) is 49.2 Å². The van der Waals surface area contributed by atoms with Crippen molar-refractivity contribution >= 4 is 23.1 Å². The van der Waals surface area contributed by atoms with E-state index in [2.05, 4.69) is 26.1 Å². The van der Waals surface area contributed by atoms with Crippen LogP contribution in [0.4, 0.5) is 11.5 Å². The van der Waals surface area contributed by atoms with Crippen molar-refractivity contribution < 1.29 is 9.47 Å². The van der Waals surface area contributed by atoms with Crippen LogP contribution in [0.5, 0.6) is 0 Å². The molecule has 0 amide bonds. The van der Waals surface area contributed by atoms with Crippen LogP contribution in [0.2, 0.25) is 5.15 Å². The molecule has 6 nitrogen and oxygen atoms in total. The molecule has 1 aromatic rings. The van der Waals surface area contributed by atoms with Gasteiger partial charge >= 0.3 is 0 Å². The number of halogens is 1. The minimum Gasteiger partial charge on any atom is -0.378 e. The summed E-state index contributed by atoms with van der Waals surface area (Å²) >= 11 is 6.24. The van der Waals surface area contributed by atoms with Gasteiger partial charge in [-0.15, -0.1) is 10.2 Å². The van der Waals surface area contributed by atoms with Crippen molar-refractivity contribution in [3.8, 4) is 0 Å². The lowest BCUT2D eigenvalue weighted by molar-refractivity contribution is 0.0302. The highest BCUT2D eigenvalue weighted by Crippen LogP contribution is 2.32. The number of hydrogen-bond donors (Lipinski definition) is 0. The minimum atomic E-state index is 0.341. The topological polar surface area (TPSA) is 50.7 Å². The Morgan fingerprint density at radius 3 is 2.48 bits per heavy atom. The summed E-state index contributed by atoms with van der Waals surface area (Å²) in [6, 6.07) is 2.06. The normalized spacial score (nSPS) is 29.0. The lowest BCUT2D eigenvalue weighted by Gasteiger charge is -2.34. The molecule has 21 heavy (non-hydrogen) atoms. The SMILES string of the molecule is Clc1nnc(N2CC3CCC(C2)O3)cc1N1CCOCC1. The molecule has 0 saturated carbocycles. The fraction of sp³-hybridized carbons (Fsp3) is 0.714. The molecule has 2 unspecified atom stereocenters. The summed E-state index contributed by atoms with van der Waals surface area (Å²) in [7, 11) is 0. The summed E-state index contributed by atoms with van der Waals surface area (Å²) in [5.41, 5.74) is 0.962. The maximum absolute atomic E-state index is 6.24. The fourth-order valence-electron chi connectivity index (χ4n) is 3.34. The predicted octanol–water partition coefficient (Wildman–Crippen LogP) is 1.33. The summed E-state index contributed by atoms with van der Waals surface area (Å²) in [5.74, 6) is 0.904. The van der Waals surface area contributed by atoms with Gasteiger partial charge in [0.15, 0.2) is 11.0 Å². The van der Waals surface area contributed by atoms with Crippen molar-refractivity contribution in [3.63, 3.8) is 0 Å². The largest absolute Gasteiger partial charge is 0.378 e. The molecule has 4 rings (SSSR count). The number of anilines is 2. The Hall–Kier alpha value is -1.11. The molecule has 1 aromatic heterocycles. The summed E-state index contributed by atoms with van der Waals surface area (Å²) in [4.78, 5) is 4.50. The van der Waals surface area contributed by atoms with Crippen molar-refractivity contribution in [1.82, 2.24) is 10.2 Å². The Morgan fingerprint density at radius 2 is 1.76 bits per heavy atom. The second-order valence-electron chi connectivity index (χ2n) is 5.84. The van der Waals surface area contributed by atoms with Crippen molar-refractivity contribution in [1.29, 1.82) is 0 Å². The third kappa shape index (κ3) is 2.67. The molecular weight excluding hydrogens is 292 g/mol. The van der Waals surface area contributed by atoms with Crippen LogP contribution in [0, 0.1) is 0 Å². The fourth-order valence-corrected chi connectivity index (χ4v) is 3.55. The summed E-state index contributed by atoms with van der Waals surface area (Å²) in [6.45, 7) is 4.95. The lowest BCUT2D eigenvalue weighted by Crippen LogP contribution is -2.43. The van der Waals surface area contributed by atoms with Gasteiger partial charge < -0.3 is 19.3 Å². The Labute approximate surface area is 129 Å². The third-order valence-electron chi connectivity index (χ3n) is 4.44. The molecule has 0 aromatic carbocycles. The van der Waals surface area contributed by atoms with E-state index in [1.165, 1.54) is 0 Å². The molecule has 0 N–H and O–H groups in total. The van der Waals surface area contributed by atoms with Gasteiger partial charge in [-0.3, -0.25) is 0 Å². The van der Waals surface area contributed by atoms with E-state index in [1.807, 2.05) is 0 Å². The van der Waals surface area contributed by atoms with Gasteiger partial charge in [-0.1, -0.05) is 11.6 Å². The Morgan fingerprint density at radius 1 is 1.05 bits per heavy atom. The van der Waals surface area contributed by atoms with E-state index in [1.54, 1.807) is 0 Å². The standard InChI is InChI=1S/C14H19ClN4O2/c15-14-12(18-3-5-20-6-4-18)7-13(16-17-14)19-8-10-1-2-11(9-19)21-10/h7,10-11H,1-6,8-9H2. The van der Waals surface area contributed by atoms with Crippen LogP contribution in [0.25, 0.3) is 0 Å². The van der Waals surface area contributed by atoms with E-state index in [9.17, 15) is 0 Å². The van der Waals surface area contributed by atoms with Crippen LogP contribution in [-0.4, -0.2) is 61.8 Å². The van der Waals surface area contributed by atoms with E-state index in [0.29, 0.717) is 17.4 Å². The molecule has 4 heterocycles. The molecule has 0 spiro atoms. The maximum Gasteiger partial charge on any atom is 0.175 e. The second-order valence-corrected chi connectivity index (χ2v) is 6.20. The van der Waals surface area contributed by atoms with Crippen LogP contribution < -0.4 is 9.80 Å². The highest BCUT2D eigenvalue weighted by atomic mass is 35.5. The molecular formula is C14H19ClN4O2. The zero-order chi connectivity index (χ0) is 14.2. The number of ether oxygens (including phenoxy) is 2. The van der Waals surface area contributed by atoms with Gasteiger partial charge in [-0.05, 0) is 12.8 Å². The zero-order valence-corrected chi connectivity index (χ0v) is 12.6. The second kappa shape index (κ2) is 5.59. The number of fused-ring (bicyclic) bond motifs is 2. The van der Waals surface area contributed by atoms with Gasteiger partial charge in [-0.2, -0.15) is 0 Å². The molecule has 0 radical (unpaired) electrons. The van der Waals surface area contributed by atoms with E-state index in [-0.39, 0.29) is 0 Å². The Bertz CT molecular complexity index is 512. The van der Waals surface area contributed by atoms with Crippen LogP contribution in [0.1, 0.15) is 12.8 Å². The number of nitrogens with zero attached hydrogens (tertiary/aromatic N) is 4. The first kappa shape index (κ1) is 13.5. The summed E-state index contributed by atoms with van der Waals surface area (Å²) in [5, 5.41) is 8.90. The first-order valence-corrected chi connectivity index (χ1v) is 7.94. The van der Waals surface area contributed by atoms with Crippen LogP contribution in [0.3, 0.4) is 0 Å². The van der Waals surface area contributed by atoms with Gasteiger partial charge in [0.1, 0.15) is 0 Å². The smallest absolute Gasteiger partial charge is 0.175 e. The van der Waals surface area contributed by atoms with Crippen molar-refractivity contribution in [2.45, 2.75) is 25.0 Å². The lowest BCUT2D eigenvalue weighted by atomic mass is 10.2. The number of hydrogen-bond acceptors (Lipinski definition) is 6. The number of morpholine rings is 2. The van der Waals surface area contributed by atoms with Gasteiger partial charge in [0.05, 0.1) is 31.1 Å². The molecule has 3 aliphatic heterocycles. The number of aromatic nitrogens is 2. The van der Waals surface area contributed by atoms with E-state index in [4.69, 9.17) is 21.1 Å². The zero-order valence-electron chi connectivity index (χ0n) is 11.9. The molecule has 3 aliphatic rings. The molecule has 3 fully saturated rings. The van der Waals surface area contributed by atoms with E-state index in [0.717, 1.165) is 63.7 Å².